The molecule has 0 amide bonds. The molecule has 4 bridgehead atoms. The lowest BCUT2D eigenvalue weighted by molar-refractivity contribution is -0.137. The third-order valence-corrected chi connectivity index (χ3v) is 8.72. The summed E-state index contributed by atoms with van der Waals surface area (Å²) in [5, 5.41) is 0. The lowest BCUT2D eigenvalue weighted by Crippen LogP contribution is -2.48. The Hall–Kier alpha value is -1.83. The Morgan fingerprint density at radius 3 is 2.13 bits per heavy atom. The van der Waals surface area contributed by atoms with Crippen molar-refractivity contribution in [2.75, 3.05) is 6.61 Å². The molecule has 5 fully saturated rings. The molecule has 0 saturated heterocycles. The van der Waals surface area contributed by atoms with Gasteiger partial charge in [-0.15, -0.1) is 0 Å². The van der Waals surface area contributed by atoms with Gasteiger partial charge >= 0.3 is 5.97 Å². The molecule has 0 radical (unpaired) electrons. The Kier molecular flexibility index (Phi) is 4.95. The molecule has 2 heteroatoms. The van der Waals surface area contributed by atoms with Crippen LogP contribution in [0.25, 0.3) is 0 Å². The average Bonchev–Trinajstić information content (AvgIpc) is 3.37. The molecule has 0 spiro atoms. The van der Waals surface area contributed by atoms with Crippen LogP contribution in [-0.4, -0.2) is 12.6 Å². The van der Waals surface area contributed by atoms with Gasteiger partial charge in [-0.05, 0) is 110 Å². The SMILES string of the molecule is CCOC(=O)C=C(C)C=CC1C[C@]1(C)c1ccc(C23CC4CC(CC(C4)C2)C3)cc1. The number of benzene rings is 1. The van der Waals surface area contributed by atoms with Crippen molar-refractivity contribution in [1.29, 1.82) is 0 Å². The van der Waals surface area contributed by atoms with Crippen LogP contribution in [0.5, 0.6) is 0 Å². The lowest BCUT2D eigenvalue weighted by Gasteiger charge is -2.57. The zero-order valence-electron chi connectivity index (χ0n) is 18.8. The van der Waals surface area contributed by atoms with E-state index in [1.807, 2.05) is 13.8 Å². The molecule has 0 N–H and O–H groups in total. The van der Waals surface area contributed by atoms with Crippen molar-refractivity contribution >= 4 is 5.97 Å². The largest absolute Gasteiger partial charge is 0.463 e. The number of allylic oxidation sites excluding steroid dienone is 3. The molecule has 0 heterocycles. The van der Waals surface area contributed by atoms with Gasteiger partial charge < -0.3 is 4.74 Å². The summed E-state index contributed by atoms with van der Waals surface area (Å²) >= 11 is 0. The predicted octanol–water partition coefficient (Wildman–Crippen LogP) is 6.50. The van der Waals surface area contributed by atoms with Gasteiger partial charge in [0.15, 0.2) is 0 Å². The molecule has 1 unspecified atom stereocenters. The Morgan fingerprint density at radius 2 is 1.57 bits per heavy atom. The summed E-state index contributed by atoms with van der Waals surface area (Å²) in [6.07, 6.45) is 16.0. The first-order valence-corrected chi connectivity index (χ1v) is 12.0. The van der Waals surface area contributed by atoms with Gasteiger partial charge in [-0.3, -0.25) is 0 Å². The minimum absolute atomic E-state index is 0.237. The number of esters is 1. The Balaban J connectivity index is 1.26. The van der Waals surface area contributed by atoms with Crippen LogP contribution in [-0.2, 0) is 20.4 Å². The number of ether oxygens (including phenoxy) is 1. The summed E-state index contributed by atoms with van der Waals surface area (Å²) in [5.41, 5.74) is 4.78. The van der Waals surface area contributed by atoms with Gasteiger partial charge in [0.2, 0.25) is 0 Å². The highest BCUT2D eigenvalue weighted by Crippen LogP contribution is 2.61. The van der Waals surface area contributed by atoms with Gasteiger partial charge in [0, 0.05) is 6.08 Å². The van der Waals surface area contributed by atoms with E-state index in [4.69, 9.17) is 4.74 Å². The first-order chi connectivity index (χ1) is 14.4. The Labute approximate surface area is 181 Å². The van der Waals surface area contributed by atoms with Crippen LogP contribution >= 0.6 is 0 Å². The van der Waals surface area contributed by atoms with Crippen LogP contribution in [0.2, 0.25) is 0 Å². The summed E-state index contributed by atoms with van der Waals surface area (Å²) in [5.74, 6) is 3.29. The minimum atomic E-state index is -0.251. The second kappa shape index (κ2) is 7.39. The van der Waals surface area contributed by atoms with Crippen LogP contribution in [0.3, 0.4) is 0 Å². The van der Waals surface area contributed by atoms with Crippen molar-refractivity contribution in [3.63, 3.8) is 0 Å². The highest BCUT2D eigenvalue weighted by atomic mass is 16.5. The number of rotatable bonds is 6. The third-order valence-electron chi connectivity index (χ3n) is 8.72. The van der Waals surface area contributed by atoms with Crippen molar-refractivity contribution in [3.05, 3.63) is 59.2 Å². The molecule has 5 aliphatic carbocycles. The molecule has 5 aliphatic rings. The van der Waals surface area contributed by atoms with Crippen LogP contribution in [0.1, 0.15) is 76.8 Å². The molecule has 6 rings (SSSR count). The molecule has 0 aliphatic heterocycles. The number of carbonyl (C=O) groups excluding carboxylic acids is 1. The smallest absolute Gasteiger partial charge is 0.330 e. The molecule has 1 aromatic rings. The maximum atomic E-state index is 11.6. The molecule has 2 nitrogen and oxygen atoms in total. The van der Waals surface area contributed by atoms with E-state index in [0.717, 1.165) is 23.3 Å². The second-order valence-electron chi connectivity index (χ2n) is 11.0. The van der Waals surface area contributed by atoms with Crippen molar-refractivity contribution in [3.8, 4) is 0 Å². The van der Waals surface area contributed by atoms with E-state index in [-0.39, 0.29) is 11.4 Å². The predicted molar refractivity (Wildman–Crippen MR) is 121 cm³/mol. The fourth-order valence-corrected chi connectivity index (χ4v) is 7.36. The average molecular weight is 405 g/mol. The Morgan fingerprint density at radius 1 is 1.00 bits per heavy atom. The minimum Gasteiger partial charge on any atom is -0.463 e. The van der Waals surface area contributed by atoms with Gasteiger partial charge in [-0.2, -0.15) is 0 Å². The summed E-state index contributed by atoms with van der Waals surface area (Å²) in [6, 6.07) is 9.78. The summed E-state index contributed by atoms with van der Waals surface area (Å²) < 4.78 is 4.99. The maximum Gasteiger partial charge on any atom is 0.330 e. The van der Waals surface area contributed by atoms with Crippen molar-refractivity contribution < 1.29 is 9.53 Å². The summed E-state index contributed by atoms with van der Waals surface area (Å²) in [4.78, 5) is 11.6. The number of hydrogen-bond acceptors (Lipinski definition) is 2. The summed E-state index contributed by atoms with van der Waals surface area (Å²) in [7, 11) is 0. The van der Waals surface area contributed by atoms with Crippen LogP contribution in [0.4, 0.5) is 0 Å². The van der Waals surface area contributed by atoms with Crippen LogP contribution in [0.15, 0.2) is 48.1 Å². The normalized spacial score (nSPS) is 39.5. The number of carbonyl (C=O) groups is 1. The molecular weight excluding hydrogens is 368 g/mol. The van der Waals surface area contributed by atoms with E-state index in [0.29, 0.717) is 17.9 Å². The first kappa shape index (κ1) is 20.1. The van der Waals surface area contributed by atoms with Crippen LogP contribution in [0, 0.1) is 23.7 Å². The molecule has 2 atom stereocenters. The van der Waals surface area contributed by atoms with E-state index < -0.39 is 0 Å². The van der Waals surface area contributed by atoms with Gasteiger partial charge in [0.25, 0.3) is 0 Å². The topological polar surface area (TPSA) is 26.3 Å². The number of hydrogen-bond donors (Lipinski definition) is 0. The van der Waals surface area contributed by atoms with Crippen molar-refractivity contribution in [1.82, 2.24) is 0 Å². The van der Waals surface area contributed by atoms with Gasteiger partial charge in [0.1, 0.15) is 0 Å². The van der Waals surface area contributed by atoms with Gasteiger partial charge in [0.05, 0.1) is 6.61 Å². The molecule has 0 aromatic heterocycles. The molecule has 1 aromatic carbocycles. The van der Waals surface area contributed by atoms with Crippen molar-refractivity contribution in [2.24, 2.45) is 23.7 Å². The lowest BCUT2D eigenvalue weighted by atomic mass is 9.48. The second-order valence-corrected chi connectivity index (χ2v) is 11.0. The fourth-order valence-electron chi connectivity index (χ4n) is 7.36. The van der Waals surface area contributed by atoms with Gasteiger partial charge in [-0.1, -0.05) is 43.3 Å². The molecular formula is C28H36O2. The zero-order valence-corrected chi connectivity index (χ0v) is 18.8. The first-order valence-electron chi connectivity index (χ1n) is 12.0. The van der Waals surface area contributed by atoms with E-state index in [2.05, 4.69) is 43.3 Å². The highest BCUT2D eigenvalue weighted by Gasteiger charge is 2.52. The Bertz CT molecular complexity index is 839. The van der Waals surface area contributed by atoms with Crippen LogP contribution < -0.4 is 0 Å². The van der Waals surface area contributed by atoms with E-state index >= 15 is 0 Å². The highest BCUT2D eigenvalue weighted by molar-refractivity contribution is 5.83. The zero-order chi connectivity index (χ0) is 20.9. The fraction of sp³-hybridized carbons (Fsp3) is 0.607. The summed E-state index contributed by atoms with van der Waals surface area (Å²) in [6.45, 7) is 6.60. The monoisotopic (exact) mass is 404 g/mol. The molecule has 160 valence electrons. The maximum absolute atomic E-state index is 11.6. The standard InChI is InChI=1S/C28H36O2/c1-4-30-26(29)11-19(2)5-6-25-18-27(25,3)23-7-9-24(10-8-23)28-15-20-12-21(16-28)14-22(13-20)17-28/h5-11,20-22,25H,4,12-18H2,1-3H3/t20?,21?,22?,25?,27-,28?/m1/s1. The van der Waals surface area contributed by atoms with E-state index in [1.54, 1.807) is 11.6 Å². The molecule has 5 saturated carbocycles. The van der Waals surface area contributed by atoms with E-state index in [1.165, 1.54) is 50.5 Å². The molecule has 30 heavy (non-hydrogen) atoms. The van der Waals surface area contributed by atoms with E-state index in [9.17, 15) is 4.79 Å². The quantitative estimate of drug-likeness (QED) is 0.307. The van der Waals surface area contributed by atoms with Crippen molar-refractivity contribution in [2.45, 2.75) is 76.5 Å². The van der Waals surface area contributed by atoms with Gasteiger partial charge in [-0.25, -0.2) is 4.79 Å². The third kappa shape index (κ3) is 3.57.